The van der Waals surface area contributed by atoms with Crippen molar-refractivity contribution in [2.24, 2.45) is 5.16 Å². The van der Waals surface area contributed by atoms with Crippen LogP contribution in [-0.2, 0) is 25.8 Å². The zero-order valence-corrected chi connectivity index (χ0v) is 23.4. The first-order chi connectivity index (χ1) is 19.4. The Balaban J connectivity index is 2.21. The molecule has 0 aliphatic heterocycles. The number of aldehydes is 1. The van der Waals surface area contributed by atoms with Crippen LogP contribution in [0.3, 0.4) is 0 Å². The summed E-state index contributed by atoms with van der Waals surface area (Å²) in [6.07, 6.45) is 0.822. The lowest BCUT2D eigenvalue weighted by atomic mass is 10.1. The van der Waals surface area contributed by atoms with Gasteiger partial charge in [-0.15, -0.1) is 11.3 Å². The molecule has 2 aromatic heterocycles. The molecule has 0 radical (unpaired) electrons. The molecule has 20 nitrogen and oxygen atoms in total. The van der Waals surface area contributed by atoms with E-state index >= 15 is 0 Å². The number of hydrogen-bond donors (Lipinski definition) is 11. The minimum absolute atomic E-state index is 0.00408. The Labute approximate surface area is 241 Å². The van der Waals surface area contributed by atoms with Gasteiger partial charge < -0.3 is 46.7 Å². The molecule has 0 aliphatic rings. The van der Waals surface area contributed by atoms with Gasteiger partial charge in [-0.05, 0) is 13.8 Å². The Hall–Kier alpha value is -4.48. The van der Waals surface area contributed by atoms with Gasteiger partial charge in [0.2, 0.25) is 11.0 Å². The molecular weight excluding hydrogens is 608 g/mol. The van der Waals surface area contributed by atoms with Gasteiger partial charge >= 0.3 is 12.0 Å². The van der Waals surface area contributed by atoms with E-state index in [1.54, 1.807) is 0 Å². The largest absolute Gasteiger partial charge is 0.503 e. The fourth-order valence-corrected chi connectivity index (χ4v) is 4.00. The third kappa shape index (κ3) is 9.86. The molecule has 0 bridgehead atoms. The number of aliphatic carboxylic acids is 1. The van der Waals surface area contributed by atoms with Gasteiger partial charge in [-0.1, -0.05) is 5.16 Å². The number of carboxylic acids is 1. The fraction of sp³-hybridized carbons (Fsp3) is 0.350. The summed E-state index contributed by atoms with van der Waals surface area (Å²) in [5.41, 5.74) is 1.96. The van der Waals surface area contributed by atoms with Gasteiger partial charge in [0.25, 0.3) is 5.91 Å². The van der Waals surface area contributed by atoms with Gasteiger partial charge in [-0.3, -0.25) is 23.2 Å². The van der Waals surface area contributed by atoms with Crippen molar-refractivity contribution in [2.45, 2.75) is 38.1 Å². The van der Waals surface area contributed by atoms with E-state index in [1.807, 2.05) is 4.72 Å². The van der Waals surface area contributed by atoms with E-state index in [1.165, 1.54) is 5.38 Å². The van der Waals surface area contributed by atoms with Gasteiger partial charge in [0.05, 0.1) is 24.5 Å². The van der Waals surface area contributed by atoms with E-state index < -0.39 is 76.6 Å². The van der Waals surface area contributed by atoms with Gasteiger partial charge in [-0.25, -0.2) is 19.3 Å². The summed E-state index contributed by atoms with van der Waals surface area (Å²) in [5.74, 6) is -3.34. The van der Waals surface area contributed by atoms with E-state index in [0.717, 1.165) is 31.3 Å². The van der Waals surface area contributed by atoms with Crippen molar-refractivity contribution in [2.75, 3.05) is 12.3 Å². The highest BCUT2D eigenvalue weighted by Gasteiger charge is 2.33. The van der Waals surface area contributed by atoms with Crippen molar-refractivity contribution < 1.29 is 53.1 Å². The number of carbonyl (C=O) groups excluding carboxylic acids is 3. The van der Waals surface area contributed by atoms with Crippen molar-refractivity contribution >= 4 is 57.4 Å². The number of thiazole rings is 1. The zero-order valence-electron chi connectivity index (χ0n) is 21.7. The lowest BCUT2D eigenvalue weighted by Crippen LogP contribution is -2.57. The maximum atomic E-state index is 13.1. The fourth-order valence-electron chi connectivity index (χ4n) is 2.82. The molecule has 2 aromatic rings. The number of pyridine rings is 1. The molecule has 2 rings (SSSR count). The topological polar surface area (TPSA) is 320 Å². The number of rotatable bonds is 14. The first-order valence-corrected chi connectivity index (χ1v) is 13.7. The van der Waals surface area contributed by atoms with Crippen LogP contribution in [0.1, 0.15) is 25.2 Å². The maximum Gasteiger partial charge on any atom is 0.350 e. The van der Waals surface area contributed by atoms with E-state index in [2.05, 4.69) is 26.1 Å². The number of nitrogen functional groups attached to an aromatic ring is 1. The lowest BCUT2D eigenvalue weighted by Gasteiger charge is -2.31. The number of urea groups is 1. The highest BCUT2D eigenvalue weighted by atomic mass is 32.3. The molecule has 0 saturated heterocycles. The van der Waals surface area contributed by atoms with E-state index in [4.69, 9.17) is 10.6 Å². The molecule has 0 spiro atoms. The molecule has 3 amide bonds. The molecule has 232 valence electrons. The second kappa shape index (κ2) is 13.9. The van der Waals surface area contributed by atoms with Crippen LogP contribution in [0.2, 0.25) is 0 Å². The highest BCUT2D eigenvalue weighted by Crippen LogP contribution is 2.27. The standard InChI is InChI=1S/C20H28N8O12S2/c1-20(2,17(33)34)40-26-15(12-8-41-18(21)25-12)16(32)24-11(7-29)10(27-42(37,38)39)5-23-19(35)22-4-9-3-13(30)14(31)6-28(9)36/h3,6-8,10-11,27,31,36-39H,4-5H2,1-2H3,(H2,21,25)(H,24,32)(H,33,34)(H2,22,23,35)/b26-15-/t10-,11-/m1/s1. The summed E-state index contributed by atoms with van der Waals surface area (Å²) in [6.45, 7) is 1.21. The normalized spacial score (nSPS) is 13.9. The van der Waals surface area contributed by atoms with Crippen molar-refractivity contribution in [3.05, 3.63) is 39.3 Å². The van der Waals surface area contributed by atoms with Crippen molar-refractivity contribution in [3.63, 3.8) is 0 Å². The van der Waals surface area contributed by atoms with Crippen LogP contribution < -0.4 is 31.8 Å². The predicted molar refractivity (Wildman–Crippen MR) is 146 cm³/mol. The minimum atomic E-state index is -4.51. The van der Waals surface area contributed by atoms with Crippen LogP contribution in [0.5, 0.6) is 5.75 Å². The second-order valence-electron chi connectivity index (χ2n) is 8.72. The minimum Gasteiger partial charge on any atom is -0.503 e. The average Bonchev–Trinajstić information content (AvgIpc) is 3.31. The Bertz CT molecular complexity index is 1400. The molecule has 2 atom stereocenters. The van der Waals surface area contributed by atoms with Gasteiger partial charge in [-0.2, -0.15) is 4.73 Å². The summed E-state index contributed by atoms with van der Waals surface area (Å²) in [5, 5.41) is 39.8. The summed E-state index contributed by atoms with van der Waals surface area (Å²) in [4.78, 5) is 69.0. The number of hydrogen-bond acceptors (Lipinski definition) is 16. The average molecular weight is 637 g/mol. The first-order valence-electron chi connectivity index (χ1n) is 11.3. The SMILES string of the molecule is CC(C)(O/N=C(\C(=O)N[C@H](C=O)[C@@H](CNC(=O)NCc1cc(=O)c(O)cn1O)NS(O)(O)O)c1csc(N)n1)C(=O)O. The van der Waals surface area contributed by atoms with Crippen molar-refractivity contribution in [1.29, 1.82) is 0 Å². The second-order valence-corrected chi connectivity index (χ2v) is 10.9. The molecule has 0 saturated carbocycles. The lowest BCUT2D eigenvalue weighted by molar-refractivity contribution is -0.161. The third-order valence-corrected chi connectivity index (χ3v) is 6.34. The van der Waals surface area contributed by atoms with Crippen LogP contribution in [0, 0.1) is 0 Å². The number of anilines is 1. The number of amides is 3. The van der Waals surface area contributed by atoms with Gasteiger partial charge in [0, 0.05) is 18.0 Å². The molecule has 42 heavy (non-hydrogen) atoms. The highest BCUT2D eigenvalue weighted by molar-refractivity contribution is 8.17. The monoisotopic (exact) mass is 636 g/mol. The number of nitrogens with one attached hydrogen (secondary N) is 4. The van der Waals surface area contributed by atoms with E-state index in [0.29, 0.717) is 10.9 Å². The molecule has 0 aromatic carbocycles. The smallest absolute Gasteiger partial charge is 0.350 e. The number of oxime groups is 1. The number of carbonyl (C=O) groups is 4. The summed E-state index contributed by atoms with van der Waals surface area (Å²) in [7, 11) is 0. The number of nitrogens with zero attached hydrogens (tertiary/aromatic N) is 3. The molecule has 2 heterocycles. The number of nitrogens with two attached hydrogens (primary N) is 1. The van der Waals surface area contributed by atoms with Gasteiger partial charge in [0.15, 0.2) is 27.6 Å². The Morgan fingerprint density at radius 1 is 1.29 bits per heavy atom. The first kappa shape index (κ1) is 33.7. The van der Waals surface area contributed by atoms with Gasteiger partial charge in [0.1, 0.15) is 18.0 Å². The van der Waals surface area contributed by atoms with Crippen molar-refractivity contribution in [1.82, 2.24) is 30.4 Å². The van der Waals surface area contributed by atoms with E-state index in [9.17, 15) is 53.1 Å². The summed E-state index contributed by atoms with van der Waals surface area (Å²) >= 11 is -3.61. The molecular formula is C20H28N8O12S2. The zero-order chi connectivity index (χ0) is 31.8. The molecule has 0 unspecified atom stereocenters. The number of aromatic hydroxyl groups is 1. The maximum absolute atomic E-state index is 13.1. The molecule has 12 N–H and O–H groups in total. The van der Waals surface area contributed by atoms with Crippen molar-refractivity contribution in [3.8, 4) is 5.75 Å². The molecule has 0 fully saturated rings. The Morgan fingerprint density at radius 2 is 1.95 bits per heavy atom. The van der Waals surface area contributed by atoms with Crippen LogP contribution in [0.25, 0.3) is 0 Å². The van der Waals surface area contributed by atoms with Crippen LogP contribution >= 0.6 is 22.4 Å². The quantitative estimate of drug-likeness (QED) is 0.0496. The van der Waals surface area contributed by atoms with E-state index in [-0.39, 0.29) is 22.8 Å². The van der Waals surface area contributed by atoms with Crippen LogP contribution in [0.4, 0.5) is 9.93 Å². The Kier molecular flexibility index (Phi) is 11.2. The van der Waals surface area contributed by atoms with Crippen LogP contribution in [0.15, 0.2) is 27.6 Å². The van der Waals surface area contributed by atoms with Crippen LogP contribution in [-0.4, -0.2) is 92.9 Å². The molecule has 0 aliphatic carbocycles. The molecule has 22 heteroatoms. The Morgan fingerprint density at radius 3 is 2.50 bits per heavy atom. The third-order valence-electron chi connectivity index (χ3n) is 5.05. The summed E-state index contributed by atoms with van der Waals surface area (Å²) < 4.78 is 30.8. The summed E-state index contributed by atoms with van der Waals surface area (Å²) in [6, 6.07) is -3.42. The number of carboxylic acid groups (broad SMARTS) is 1. The number of aromatic nitrogens is 2. The predicted octanol–water partition coefficient (Wildman–Crippen LogP) is -1.31.